The number of rotatable bonds is 8. The molecule has 0 aliphatic heterocycles. The normalized spacial score (nSPS) is 10.6. The van der Waals surface area contributed by atoms with Crippen LogP contribution in [0.1, 0.15) is 36.1 Å². The third-order valence-corrected chi connectivity index (χ3v) is 4.61. The fourth-order valence-electron chi connectivity index (χ4n) is 2.32. The highest BCUT2D eigenvalue weighted by Crippen LogP contribution is 2.30. The number of methoxy groups -OCH3 is 1. The number of unbranched alkanes of at least 4 members (excludes halogenated alkanes) is 2. The zero-order chi connectivity index (χ0) is 16.7. The van der Waals surface area contributed by atoms with Gasteiger partial charge in [-0.3, -0.25) is 4.79 Å². The maximum atomic E-state index is 11.0. The molecule has 0 amide bonds. The molecule has 0 aliphatic carbocycles. The van der Waals surface area contributed by atoms with Gasteiger partial charge in [-0.25, -0.2) is 4.98 Å². The van der Waals surface area contributed by atoms with Crippen molar-refractivity contribution in [3.8, 4) is 11.3 Å². The number of carbonyl (C=O) groups is 1. The molecule has 1 heterocycles. The number of benzene rings is 1. The molecule has 0 saturated heterocycles. The summed E-state index contributed by atoms with van der Waals surface area (Å²) in [7, 11) is 1.43. The predicted molar refractivity (Wildman–Crippen MR) is 96.0 cm³/mol. The Labute approximate surface area is 141 Å². The quantitative estimate of drug-likeness (QED) is 0.568. The first-order valence-electron chi connectivity index (χ1n) is 7.95. The molecule has 0 radical (unpaired) electrons. The molecule has 0 atom stereocenters. The summed E-state index contributed by atoms with van der Waals surface area (Å²) in [6.45, 7) is 5.07. The molecule has 0 bridgehead atoms. The number of esters is 1. The summed E-state index contributed by atoms with van der Waals surface area (Å²) in [5, 5.41) is 4.34. The summed E-state index contributed by atoms with van der Waals surface area (Å²) in [5.41, 5.74) is 3.48. The molecule has 5 heteroatoms. The highest BCUT2D eigenvalue weighted by atomic mass is 32.1. The van der Waals surface area contributed by atoms with E-state index in [0.29, 0.717) is 6.42 Å². The number of hydrogen-bond donors (Lipinski definition) is 1. The first-order valence-corrected chi connectivity index (χ1v) is 8.77. The van der Waals surface area contributed by atoms with Crippen LogP contribution in [0.5, 0.6) is 0 Å². The Bertz CT molecular complexity index is 635. The minimum absolute atomic E-state index is 0.128. The van der Waals surface area contributed by atoms with Crippen molar-refractivity contribution in [2.75, 3.05) is 19.0 Å². The summed E-state index contributed by atoms with van der Waals surface area (Å²) in [6, 6.07) is 8.47. The van der Waals surface area contributed by atoms with E-state index in [2.05, 4.69) is 48.2 Å². The van der Waals surface area contributed by atoms with E-state index >= 15 is 0 Å². The van der Waals surface area contributed by atoms with Gasteiger partial charge in [0.2, 0.25) is 0 Å². The summed E-state index contributed by atoms with van der Waals surface area (Å²) in [4.78, 5) is 16.9. The van der Waals surface area contributed by atoms with Crippen molar-refractivity contribution < 1.29 is 9.53 Å². The number of ether oxygens (including phenoxy) is 1. The monoisotopic (exact) mass is 332 g/mol. The van der Waals surface area contributed by atoms with Crippen LogP contribution in [0.15, 0.2) is 24.3 Å². The van der Waals surface area contributed by atoms with Crippen LogP contribution in [-0.4, -0.2) is 24.6 Å². The molecule has 4 nitrogen and oxygen atoms in total. The molecular weight excluding hydrogens is 308 g/mol. The fraction of sp³-hybridized carbons (Fsp3) is 0.444. The molecule has 0 saturated carbocycles. The summed E-state index contributed by atoms with van der Waals surface area (Å²) in [6.07, 6.45) is 3.41. The van der Waals surface area contributed by atoms with Crippen molar-refractivity contribution in [1.82, 2.24) is 4.98 Å². The van der Waals surface area contributed by atoms with Crippen molar-refractivity contribution in [2.24, 2.45) is 0 Å². The summed E-state index contributed by atoms with van der Waals surface area (Å²) in [5.74, 6) is -0.128. The van der Waals surface area contributed by atoms with Crippen molar-refractivity contribution in [2.45, 2.75) is 39.5 Å². The van der Waals surface area contributed by atoms with Gasteiger partial charge in [-0.1, -0.05) is 36.2 Å². The average molecular weight is 332 g/mol. The van der Waals surface area contributed by atoms with Gasteiger partial charge in [-0.15, -0.1) is 11.3 Å². The van der Waals surface area contributed by atoms with E-state index < -0.39 is 0 Å². The predicted octanol–water partition coefficient (Wildman–Crippen LogP) is 4.57. The number of nitrogens with zero attached hydrogens (tertiary/aromatic N) is 1. The lowest BCUT2D eigenvalue weighted by atomic mass is 10.1. The van der Waals surface area contributed by atoms with Gasteiger partial charge in [0.1, 0.15) is 0 Å². The van der Waals surface area contributed by atoms with Crippen LogP contribution in [0, 0.1) is 13.8 Å². The van der Waals surface area contributed by atoms with Gasteiger partial charge >= 0.3 is 5.97 Å². The number of aromatic nitrogens is 1. The number of carbonyl (C=O) groups excluding carboxylic acids is 1. The smallest absolute Gasteiger partial charge is 0.305 e. The Morgan fingerprint density at radius 1 is 1.17 bits per heavy atom. The Morgan fingerprint density at radius 2 is 1.91 bits per heavy atom. The Morgan fingerprint density at radius 3 is 2.61 bits per heavy atom. The van der Waals surface area contributed by atoms with Crippen LogP contribution in [0.4, 0.5) is 5.13 Å². The maximum Gasteiger partial charge on any atom is 0.305 e. The van der Waals surface area contributed by atoms with Crippen molar-refractivity contribution >= 4 is 22.4 Å². The first-order chi connectivity index (χ1) is 11.1. The van der Waals surface area contributed by atoms with E-state index in [0.717, 1.165) is 42.2 Å². The van der Waals surface area contributed by atoms with Crippen LogP contribution in [0.25, 0.3) is 11.3 Å². The fourth-order valence-corrected chi connectivity index (χ4v) is 3.18. The van der Waals surface area contributed by atoms with Gasteiger partial charge < -0.3 is 10.1 Å². The van der Waals surface area contributed by atoms with Gasteiger partial charge in [0, 0.05) is 23.4 Å². The van der Waals surface area contributed by atoms with Crippen LogP contribution < -0.4 is 5.32 Å². The second-order valence-corrected chi connectivity index (χ2v) is 6.81. The van der Waals surface area contributed by atoms with Gasteiger partial charge in [-0.05, 0) is 26.7 Å². The Hall–Kier alpha value is -1.88. The number of nitrogens with one attached hydrogen (secondary N) is 1. The largest absolute Gasteiger partial charge is 0.469 e. The third-order valence-electron chi connectivity index (χ3n) is 3.68. The van der Waals surface area contributed by atoms with E-state index in [1.54, 1.807) is 11.3 Å². The zero-order valence-corrected chi connectivity index (χ0v) is 14.8. The zero-order valence-electron chi connectivity index (χ0n) is 14.0. The molecule has 1 aromatic carbocycles. The van der Waals surface area contributed by atoms with Crippen molar-refractivity contribution in [1.29, 1.82) is 0 Å². The highest BCUT2D eigenvalue weighted by molar-refractivity contribution is 7.16. The van der Waals surface area contributed by atoms with E-state index in [1.165, 1.54) is 17.6 Å². The maximum absolute atomic E-state index is 11.0. The lowest BCUT2D eigenvalue weighted by Crippen LogP contribution is -2.03. The van der Waals surface area contributed by atoms with E-state index in [9.17, 15) is 4.79 Å². The molecule has 2 rings (SSSR count). The number of thiazole rings is 1. The van der Waals surface area contributed by atoms with Crippen LogP contribution in [0.2, 0.25) is 0 Å². The second kappa shape index (κ2) is 8.67. The lowest BCUT2D eigenvalue weighted by Gasteiger charge is -2.02. The van der Waals surface area contributed by atoms with E-state index in [4.69, 9.17) is 4.98 Å². The molecule has 1 N–H and O–H groups in total. The topological polar surface area (TPSA) is 51.2 Å². The number of anilines is 1. The van der Waals surface area contributed by atoms with Gasteiger partial charge in [-0.2, -0.15) is 0 Å². The Balaban J connectivity index is 1.80. The molecule has 2 aromatic rings. The SMILES string of the molecule is COC(=O)CCCCCNc1nc(-c2ccc(C)cc2)c(C)s1. The van der Waals surface area contributed by atoms with Crippen molar-refractivity contribution in [3.05, 3.63) is 34.7 Å². The minimum atomic E-state index is -0.128. The van der Waals surface area contributed by atoms with E-state index in [-0.39, 0.29) is 5.97 Å². The van der Waals surface area contributed by atoms with Crippen molar-refractivity contribution in [3.63, 3.8) is 0 Å². The average Bonchev–Trinajstić information content (AvgIpc) is 2.92. The lowest BCUT2D eigenvalue weighted by molar-refractivity contribution is -0.140. The summed E-state index contributed by atoms with van der Waals surface area (Å²) >= 11 is 1.69. The highest BCUT2D eigenvalue weighted by Gasteiger charge is 2.09. The molecule has 0 fully saturated rings. The molecular formula is C18H24N2O2S. The first kappa shape index (κ1) is 17.5. The molecule has 0 spiro atoms. The molecule has 1 aromatic heterocycles. The van der Waals surface area contributed by atoms with Gasteiger partial charge in [0.15, 0.2) is 5.13 Å². The minimum Gasteiger partial charge on any atom is -0.469 e. The van der Waals surface area contributed by atoms with E-state index in [1.807, 2.05) is 0 Å². The van der Waals surface area contributed by atoms with Crippen LogP contribution in [-0.2, 0) is 9.53 Å². The van der Waals surface area contributed by atoms with Crippen LogP contribution in [0.3, 0.4) is 0 Å². The molecule has 0 aliphatic rings. The molecule has 0 unspecified atom stereocenters. The standard InChI is InChI=1S/C18H24N2O2S/c1-13-8-10-15(11-9-13)17-14(2)23-18(20-17)19-12-6-4-5-7-16(21)22-3/h8-11H,4-7,12H2,1-3H3,(H,19,20). The van der Waals surface area contributed by atoms with Gasteiger partial charge in [0.05, 0.1) is 12.8 Å². The number of aryl methyl sites for hydroxylation is 2. The second-order valence-electron chi connectivity index (χ2n) is 5.60. The van der Waals surface area contributed by atoms with Gasteiger partial charge in [0.25, 0.3) is 0 Å². The van der Waals surface area contributed by atoms with Crippen LogP contribution >= 0.6 is 11.3 Å². The molecule has 124 valence electrons. The number of hydrogen-bond acceptors (Lipinski definition) is 5. The molecule has 23 heavy (non-hydrogen) atoms. The summed E-state index contributed by atoms with van der Waals surface area (Å²) < 4.78 is 4.63. The third kappa shape index (κ3) is 5.36. The Kier molecular flexibility index (Phi) is 6.59.